The van der Waals surface area contributed by atoms with Crippen molar-refractivity contribution in [2.75, 3.05) is 0 Å². The maximum Gasteiger partial charge on any atom is 0.157 e. The molecule has 1 aliphatic rings. The molecule has 63 valence electrons. The molecule has 1 saturated heterocycles. The van der Waals surface area contributed by atoms with Gasteiger partial charge in [0.25, 0.3) is 0 Å². The summed E-state index contributed by atoms with van der Waals surface area (Å²) in [5.74, 6) is 0.796. The predicted molar refractivity (Wildman–Crippen MR) is 39.5 cm³/mol. The van der Waals surface area contributed by atoms with Gasteiger partial charge in [0, 0.05) is 50.0 Å². The molecule has 3 heteroatoms. The van der Waals surface area contributed by atoms with E-state index in [2.05, 4.69) is 13.8 Å². The summed E-state index contributed by atoms with van der Waals surface area (Å²) in [6, 6.07) is 0. The van der Waals surface area contributed by atoms with Crippen molar-refractivity contribution in [2.45, 2.75) is 39.6 Å². The summed E-state index contributed by atoms with van der Waals surface area (Å²) in [5, 5.41) is 9.25. The van der Waals surface area contributed by atoms with Crippen LogP contribution >= 0.6 is 0 Å². The molecule has 1 fully saturated rings. The van der Waals surface area contributed by atoms with Gasteiger partial charge in [0.1, 0.15) is 0 Å². The average Bonchev–Trinajstić information content (AvgIpc) is 2.17. The fourth-order valence-corrected chi connectivity index (χ4v) is 1.49. The SMILES string of the molecule is CC[C@H]1O[C@@H](O)C(C)[C@H]1C.[Ac]. The Hall–Kier alpha value is 1.36. The Bertz CT molecular complexity index is 119. The Morgan fingerprint density at radius 2 is 1.82 bits per heavy atom. The van der Waals surface area contributed by atoms with Gasteiger partial charge in [0.05, 0.1) is 6.10 Å². The van der Waals surface area contributed by atoms with Crippen LogP contribution in [0.4, 0.5) is 0 Å². The molecule has 0 aromatic rings. The fraction of sp³-hybridized carbons (Fsp3) is 1.00. The summed E-state index contributed by atoms with van der Waals surface area (Å²) in [4.78, 5) is 0. The molecule has 11 heavy (non-hydrogen) atoms. The van der Waals surface area contributed by atoms with Crippen molar-refractivity contribution < 1.29 is 53.9 Å². The third-order valence-electron chi connectivity index (χ3n) is 2.58. The first-order valence-corrected chi connectivity index (χ1v) is 4.00. The van der Waals surface area contributed by atoms with Crippen molar-refractivity contribution in [1.82, 2.24) is 0 Å². The zero-order valence-corrected chi connectivity index (χ0v) is 12.2. The van der Waals surface area contributed by atoms with Crippen molar-refractivity contribution in [1.29, 1.82) is 0 Å². The van der Waals surface area contributed by atoms with Crippen molar-refractivity contribution in [2.24, 2.45) is 11.8 Å². The van der Waals surface area contributed by atoms with Crippen LogP contribution in [-0.4, -0.2) is 17.5 Å². The summed E-state index contributed by atoms with van der Waals surface area (Å²) in [6.45, 7) is 6.26. The van der Waals surface area contributed by atoms with Crippen LogP contribution in [0.25, 0.3) is 0 Å². The van der Waals surface area contributed by atoms with E-state index >= 15 is 0 Å². The van der Waals surface area contributed by atoms with Gasteiger partial charge in [0.2, 0.25) is 0 Å². The van der Waals surface area contributed by atoms with E-state index in [-0.39, 0.29) is 50.2 Å². The quantitative estimate of drug-likeness (QED) is 0.755. The molecule has 0 bridgehead atoms. The molecule has 1 heterocycles. The topological polar surface area (TPSA) is 29.5 Å². The van der Waals surface area contributed by atoms with Crippen molar-refractivity contribution in [3.8, 4) is 0 Å². The van der Waals surface area contributed by atoms with Gasteiger partial charge in [-0.15, -0.1) is 0 Å². The van der Waals surface area contributed by atoms with Crippen LogP contribution in [0.5, 0.6) is 0 Å². The Labute approximate surface area is 104 Å². The molecule has 0 aliphatic carbocycles. The van der Waals surface area contributed by atoms with E-state index < -0.39 is 6.29 Å². The molecule has 2 nitrogen and oxygen atoms in total. The number of hydrogen-bond donors (Lipinski definition) is 1. The number of hydrogen-bond acceptors (Lipinski definition) is 2. The number of aliphatic hydroxyl groups is 1. The second kappa shape index (κ2) is 5.17. The minimum Gasteiger partial charge on any atom is -0.368 e. The molecule has 4 atom stereocenters. The Balaban J connectivity index is 0.000001000. The van der Waals surface area contributed by atoms with Gasteiger partial charge in [0.15, 0.2) is 6.29 Å². The Morgan fingerprint density at radius 1 is 1.27 bits per heavy atom. The summed E-state index contributed by atoms with van der Waals surface area (Å²) in [5.41, 5.74) is 0. The first-order chi connectivity index (χ1) is 4.66. The molecule has 0 aromatic heterocycles. The van der Waals surface area contributed by atoms with Crippen LogP contribution in [0, 0.1) is 55.9 Å². The molecule has 0 spiro atoms. The van der Waals surface area contributed by atoms with Gasteiger partial charge >= 0.3 is 0 Å². The normalized spacial score (nSPS) is 43.6. The van der Waals surface area contributed by atoms with Crippen LogP contribution in [0.3, 0.4) is 0 Å². The van der Waals surface area contributed by atoms with Gasteiger partial charge < -0.3 is 9.84 Å². The summed E-state index contributed by atoms with van der Waals surface area (Å²) < 4.78 is 5.29. The van der Waals surface area contributed by atoms with Gasteiger partial charge in [-0.2, -0.15) is 0 Å². The van der Waals surface area contributed by atoms with Gasteiger partial charge in [-0.1, -0.05) is 20.8 Å². The summed E-state index contributed by atoms with van der Waals surface area (Å²) in [6.07, 6.45) is 0.743. The Morgan fingerprint density at radius 3 is 2.00 bits per heavy atom. The Kier molecular flexibility index (Phi) is 5.81. The van der Waals surface area contributed by atoms with Gasteiger partial charge in [-0.25, -0.2) is 0 Å². The monoisotopic (exact) mass is 371 g/mol. The molecule has 1 unspecified atom stereocenters. The van der Waals surface area contributed by atoms with E-state index in [0.29, 0.717) is 11.8 Å². The standard InChI is InChI=1S/C8H16O2.Ac/c1-4-7-5(2)6(3)8(9)10-7;/h5-9H,4H2,1-3H3;/t5-,6?,7-,8-;/m1./s1. The number of rotatable bonds is 1. The van der Waals surface area contributed by atoms with E-state index in [1.807, 2.05) is 6.92 Å². The molecule has 1 N–H and O–H groups in total. The average molecular weight is 371 g/mol. The van der Waals surface area contributed by atoms with Crippen molar-refractivity contribution >= 4 is 0 Å². The summed E-state index contributed by atoms with van der Waals surface area (Å²) in [7, 11) is 0. The van der Waals surface area contributed by atoms with Crippen molar-refractivity contribution in [3.63, 3.8) is 0 Å². The molecule has 0 aromatic carbocycles. The zero-order chi connectivity index (χ0) is 7.72. The number of ether oxygens (including phenoxy) is 1. The smallest absolute Gasteiger partial charge is 0.157 e. The van der Waals surface area contributed by atoms with E-state index in [1.165, 1.54) is 0 Å². The van der Waals surface area contributed by atoms with Crippen LogP contribution in [0.1, 0.15) is 27.2 Å². The first kappa shape index (κ1) is 12.4. The van der Waals surface area contributed by atoms with Crippen molar-refractivity contribution in [3.05, 3.63) is 0 Å². The second-order valence-corrected chi connectivity index (χ2v) is 3.19. The third-order valence-corrected chi connectivity index (χ3v) is 2.58. The van der Waals surface area contributed by atoms with Gasteiger partial charge in [-0.3, -0.25) is 0 Å². The van der Waals surface area contributed by atoms with Crippen LogP contribution < -0.4 is 0 Å². The van der Waals surface area contributed by atoms with Crippen LogP contribution in [0.2, 0.25) is 0 Å². The molecular weight excluding hydrogens is 355 g/mol. The fourth-order valence-electron chi connectivity index (χ4n) is 1.49. The van der Waals surface area contributed by atoms with Crippen LogP contribution in [-0.2, 0) is 4.74 Å². The third kappa shape index (κ3) is 2.66. The summed E-state index contributed by atoms with van der Waals surface area (Å²) >= 11 is 0. The molecule has 1 rings (SSSR count). The van der Waals surface area contributed by atoms with E-state index in [1.54, 1.807) is 0 Å². The van der Waals surface area contributed by atoms with E-state index in [9.17, 15) is 5.11 Å². The van der Waals surface area contributed by atoms with E-state index in [4.69, 9.17) is 4.74 Å². The van der Waals surface area contributed by atoms with E-state index in [0.717, 1.165) is 6.42 Å². The minimum atomic E-state index is -0.528. The van der Waals surface area contributed by atoms with Crippen LogP contribution in [0.15, 0.2) is 0 Å². The minimum absolute atomic E-state index is 0. The molecule has 0 saturated carbocycles. The molecule has 1 aliphatic heterocycles. The molecule has 1 radical (unpaired) electrons. The maximum atomic E-state index is 9.25. The zero-order valence-electron chi connectivity index (χ0n) is 7.45. The largest absolute Gasteiger partial charge is 0.368 e. The second-order valence-electron chi connectivity index (χ2n) is 3.19. The molecular formula is C8H16AcO2. The maximum absolute atomic E-state index is 9.25. The first-order valence-electron chi connectivity index (χ1n) is 4.00. The van der Waals surface area contributed by atoms with Gasteiger partial charge in [-0.05, 0) is 12.3 Å². The molecule has 0 amide bonds. The number of aliphatic hydroxyl groups excluding tert-OH is 1. The predicted octanol–water partition coefficient (Wildman–Crippen LogP) is 1.39.